The van der Waals surface area contributed by atoms with E-state index in [9.17, 15) is 14.7 Å². The van der Waals surface area contributed by atoms with Gasteiger partial charge in [0.05, 0.1) is 6.10 Å². The largest absolute Gasteiger partial charge is 0.480 e. The van der Waals surface area contributed by atoms with Crippen molar-refractivity contribution in [1.82, 2.24) is 10.2 Å². The number of nitrogens with zero attached hydrogens (tertiary/aromatic N) is 1. The van der Waals surface area contributed by atoms with E-state index in [2.05, 4.69) is 5.32 Å². The molecule has 0 bridgehead atoms. The maximum Gasteiger partial charge on any atom is 0.326 e. The molecule has 2 amide bonds. The van der Waals surface area contributed by atoms with Crippen LogP contribution in [0, 0.1) is 0 Å². The van der Waals surface area contributed by atoms with Crippen molar-refractivity contribution in [3.8, 4) is 0 Å². The maximum absolute atomic E-state index is 12.0. The molecule has 3 N–H and O–H groups in total. The predicted octanol–water partition coefficient (Wildman–Crippen LogP) is 0.794. The third kappa shape index (κ3) is 3.60. The Morgan fingerprint density at radius 1 is 1.44 bits per heavy atom. The number of carbonyl (C=O) groups is 2. The number of nitrogens with one attached hydrogen (secondary N) is 1. The Balaban J connectivity index is 2.68. The number of urea groups is 1. The van der Waals surface area contributed by atoms with Crippen molar-refractivity contribution in [1.29, 1.82) is 0 Å². The van der Waals surface area contributed by atoms with Crippen LogP contribution in [-0.4, -0.2) is 51.3 Å². The van der Waals surface area contributed by atoms with Crippen LogP contribution in [0.3, 0.4) is 0 Å². The summed E-state index contributed by atoms with van der Waals surface area (Å²) >= 11 is 0. The Hall–Kier alpha value is -1.30. The standard InChI is InChI=1S/C12H22N2O4/c1-4-5-12(2,3)13-11(18)14-7-8(15)6-9(14)10(16)17/h8-9,15H,4-7H2,1-3H3,(H,13,18)(H,16,17)/t8-,9+/m1/s1. The van der Waals surface area contributed by atoms with Crippen molar-refractivity contribution in [3.05, 3.63) is 0 Å². The molecule has 0 spiro atoms. The fraction of sp³-hybridized carbons (Fsp3) is 0.833. The van der Waals surface area contributed by atoms with Crippen LogP contribution in [0.4, 0.5) is 4.79 Å². The van der Waals surface area contributed by atoms with Gasteiger partial charge in [-0.1, -0.05) is 13.3 Å². The zero-order valence-corrected chi connectivity index (χ0v) is 11.1. The first-order valence-electron chi connectivity index (χ1n) is 6.26. The summed E-state index contributed by atoms with van der Waals surface area (Å²) in [4.78, 5) is 24.3. The van der Waals surface area contributed by atoms with Gasteiger partial charge < -0.3 is 20.4 Å². The molecule has 1 heterocycles. The first-order chi connectivity index (χ1) is 8.26. The van der Waals surface area contributed by atoms with Gasteiger partial charge in [-0.05, 0) is 20.3 Å². The number of rotatable bonds is 4. The van der Waals surface area contributed by atoms with Crippen molar-refractivity contribution in [3.63, 3.8) is 0 Å². The molecule has 0 aliphatic carbocycles. The number of aliphatic carboxylic acids is 1. The van der Waals surface area contributed by atoms with Gasteiger partial charge in [0, 0.05) is 18.5 Å². The molecule has 6 nitrogen and oxygen atoms in total. The lowest BCUT2D eigenvalue weighted by atomic mass is 9.99. The van der Waals surface area contributed by atoms with Gasteiger partial charge in [0.25, 0.3) is 0 Å². The lowest BCUT2D eigenvalue weighted by Gasteiger charge is -2.30. The van der Waals surface area contributed by atoms with Crippen LogP contribution in [0.25, 0.3) is 0 Å². The summed E-state index contributed by atoms with van der Waals surface area (Å²) < 4.78 is 0. The summed E-state index contributed by atoms with van der Waals surface area (Å²) in [5.41, 5.74) is -0.373. The number of aliphatic hydroxyl groups excluding tert-OH is 1. The van der Waals surface area contributed by atoms with Crippen molar-refractivity contribution in [2.75, 3.05) is 6.54 Å². The van der Waals surface area contributed by atoms with Crippen LogP contribution in [0.2, 0.25) is 0 Å². The molecule has 104 valence electrons. The van der Waals surface area contributed by atoms with E-state index < -0.39 is 24.1 Å². The van der Waals surface area contributed by atoms with Gasteiger partial charge in [0.2, 0.25) is 0 Å². The first kappa shape index (κ1) is 14.8. The minimum absolute atomic E-state index is 0.0744. The van der Waals surface area contributed by atoms with E-state index >= 15 is 0 Å². The number of aliphatic hydroxyl groups is 1. The highest BCUT2D eigenvalue weighted by atomic mass is 16.4. The van der Waals surface area contributed by atoms with Gasteiger partial charge in [-0.25, -0.2) is 9.59 Å². The summed E-state index contributed by atoms with van der Waals surface area (Å²) in [6, 6.07) is -1.35. The number of likely N-dealkylation sites (tertiary alicyclic amines) is 1. The molecular formula is C12H22N2O4. The van der Waals surface area contributed by atoms with Gasteiger partial charge in [0.15, 0.2) is 0 Å². The molecule has 2 atom stereocenters. The van der Waals surface area contributed by atoms with Crippen molar-refractivity contribution < 1.29 is 19.8 Å². The molecule has 0 aromatic heterocycles. The van der Waals surface area contributed by atoms with Crippen LogP contribution in [0.5, 0.6) is 0 Å². The van der Waals surface area contributed by atoms with Crippen LogP contribution in [0.15, 0.2) is 0 Å². The highest BCUT2D eigenvalue weighted by Crippen LogP contribution is 2.20. The van der Waals surface area contributed by atoms with Crippen molar-refractivity contribution in [2.24, 2.45) is 0 Å². The summed E-state index contributed by atoms with van der Waals surface area (Å²) in [6.45, 7) is 5.89. The Bertz CT molecular complexity index is 330. The summed E-state index contributed by atoms with van der Waals surface area (Å²) in [5, 5.41) is 21.3. The average molecular weight is 258 g/mol. The number of carbonyl (C=O) groups excluding carboxylic acids is 1. The summed E-state index contributed by atoms with van der Waals surface area (Å²) in [5.74, 6) is -1.07. The van der Waals surface area contributed by atoms with E-state index in [1.165, 1.54) is 4.90 Å². The Morgan fingerprint density at radius 2 is 2.06 bits per heavy atom. The quantitative estimate of drug-likeness (QED) is 0.695. The Labute approximate surface area is 107 Å². The monoisotopic (exact) mass is 258 g/mol. The normalized spacial score (nSPS) is 24.1. The van der Waals surface area contributed by atoms with E-state index in [1.807, 2.05) is 20.8 Å². The van der Waals surface area contributed by atoms with Gasteiger partial charge in [0.1, 0.15) is 6.04 Å². The molecule has 0 unspecified atom stereocenters. The third-order valence-corrected chi connectivity index (χ3v) is 3.15. The predicted molar refractivity (Wildman–Crippen MR) is 66.3 cm³/mol. The van der Waals surface area contributed by atoms with Gasteiger partial charge in [-0.3, -0.25) is 0 Å². The zero-order valence-electron chi connectivity index (χ0n) is 11.1. The number of carboxylic acids is 1. The second-order valence-electron chi connectivity index (χ2n) is 5.46. The fourth-order valence-corrected chi connectivity index (χ4v) is 2.32. The van der Waals surface area contributed by atoms with E-state index in [4.69, 9.17) is 5.11 Å². The number of hydrogen-bond donors (Lipinski definition) is 3. The molecule has 0 aromatic carbocycles. The molecule has 1 fully saturated rings. The minimum atomic E-state index is -1.07. The van der Waals surface area contributed by atoms with Crippen LogP contribution in [-0.2, 0) is 4.79 Å². The molecule has 6 heteroatoms. The molecule has 0 aromatic rings. The fourth-order valence-electron chi connectivity index (χ4n) is 2.32. The molecular weight excluding hydrogens is 236 g/mol. The lowest BCUT2D eigenvalue weighted by molar-refractivity contribution is -0.141. The van der Waals surface area contributed by atoms with Gasteiger partial charge >= 0.3 is 12.0 Å². The molecule has 1 rings (SSSR count). The second-order valence-corrected chi connectivity index (χ2v) is 5.46. The second kappa shape index (κ2) is 5.56. The molecule has 18 heavy (non-hydrogen) atoms. The lowest BCUT2D eigenvalue weighted by Crippen LogP contribution is -2.53. The van der Waals surface area contributed by atoms with E-state index in [0.29, 0.717) is 0 Å². The maximum atomic E-state index is 12.0. The van der Waals surface area contributed by atoms with E-state index in [1.54, 1.807) is 0 Å². The van der Waals surface area contributed by atoms with Crippen LogP contribution < -0.4 is 5.32 Å². The number of β-amino-alcohol motifs (C(OH)–C–C–N with tert-alkyl or cyclic N) is 1. The van der Waals surface area contributed by atoms with Crippen molar-refractivity contribution >= 4 is 12.0 Å². The zero-order chi connectivity index (χ0) is 13.9. The van der Waals surface area contributed by atoms with Crippen LogP contribution in [0.1, 0.15) is 40.0 Å². The Morgan fingerprint density at radius 3 is 2.56 bits per heavy atom. The molecule has 1 aliphatic heterocycles. The average Bonchev–Trinajstić information content (AvgIpc) is 2.59. The van der Waals surface area contributed by atoms with E-state index in [-0.39, 0.29) is 18.5 Å². The van der Waals surface area contributed by atoms with Gasteiger partial charge in [-0.2, -0.15) is 0 Å². The molecule has 1 aliphatic rings. The highest BCUT2D eigenvalue weighted by Gasteiger charge is 2.40. The topological polar surface area (TPSA) is 89.9 Å². The van der Waals surface area contributed by atoms with Crippen LogP contribution >= 0.6 is 0 Å². The molecule has 0 radical (unpaired) electrons. The minimum Gasteiger partial charge on any atom is -0.480 e. The summed E-state index contributed by atoms with van der Waals surface area (Å²) in [7, 11) is 0. The van der Waals surface area contributed by atoms with Gasteiger partial charge in [-0.15, -0.1) is 0 Å². The first-order valence-corrected chi connectivity index (χ1v) is 6.26. The number of hydrogen-bond acceptors (Lipinski definition) is 3. The van der Waals surface area contributed by atoms with Crippen molar-refractivity contribution in [2.45, 2.75) is 57.7 Å². The SMILES string of the molecule is CCCC(C)(C)NC(=O)N1C[C@H](O)C[C@H]1C(=O)O. The Kier molecular flexibility index (Phi) is 4.56. The van der Waals surface area contributed by atoms with E-state index in [0.717, 1.165) is 12.8 Å². The summed E-state index contributed by atoms with van der Waals surface area (Å²) in [6.07, 6.45) is 1.08. The highest BCUT2D eigenvalue weighted by molar-refractivity contribution is 5.83. The third-order valence-electron chi connectivity index (χ3n) is 3.15. The molecule has 1 saturated heterocycles. The number of amides is 2. The molecule has 0 saturated carbocycles. The number of carboxylic acid groups (broad SMARTS) is 1. The smallest absolute Gasteiger partial charge is 0.326 e.